The second-order valence-corrected chi connectivity index (χ2v) is 13.2. The molecule has 208 valence electrons. The van der Waals surface area contributed by atoms with E-state index in [4.69, 9.17) is 28.7 Å². The van der Waals surface area contributed by atoms with Gasteiger partial charge in [-0.3, -0.25) is 0 Å². The largest absolute Gasteiger partial charge is 0.460 e. The zero-order valence-corrected chi connectivity index (χ0v) is 22.2. The average Bonchev–Trinajstić information content (AvgIpc) is 2.87. The molecule has 8 nitrogen and oxygen atoms in total. The molecule has 9 rings (SSSR count). The second-order valence-electron chi connectivity index (χ2n) is 13.2. The van der Waals surface area contributed by atoms with Crippen molar-refractivity contribution in [3.63, 3.8) is 0 Å². The maximum atomic E-state index is 11.4. The zero-order valence-electron chi connectivity index (χ0n) is 22.2. The molecule has 8 heteroatoms. The number of carbonyl (C=O) groups excluding carboxylic acids is 2. The molecule has 0 aromatic carbocycles. The van der Waals surface area contributed by atoms with Crippen LogP contribution in [0.25, 0.3) is 0 Å². The quantitative estimate of drug-likeness (QED) is 0.181. The van der Waals surface area contributed by atoms with Crippen LogP contribution in [0.2, 0.25) is 0 Å². The van der Waals surface area contributed by atoms with E-state index in [9.17, 15) is 9.59 Å². The molecule has 10 atom stereocenters. The molecule has 8 bridgehead atoms. The molecule has 9 aliphatic rings. The zero-order chi connectivity index (χ0) is 26.2. The van der Waals surface area contributed by atoms with Crippen LogP contribution in [0.4, 0.5) is 0 Å². The van der Waals surface area contributed by atoms with Gasteiger partial charge in [-0.25, -0.2) is 19.4 Å². The highest BCUT2D eigenvalue weighted by Gasteiger charge is 2.83. The topological polar surface area (TPSA) is 89.5 Å². The van der Waals surface area contributed by atoms with Gasteiger partial charge < -0.3 is 18.9 Å². The summed E-state index contributed by atoms with van der Waals surface area (Å²) in [4.78, 5) is 35.7. The minimum Gasteiger partial charge on any atom is -0.460 e. The smallest absolute Gasteiger partial charge is 0.330 e. The van der Waals surface area contributed by atoms with E-state index < -0.39 is 11.9 Å². The Morgan fingerprint density at radius 2 is 1.00 bits per heavy atom. The maximum absolute atomic E-state index is 11.4. The van der Waals surface area contributed by atoms with E-state index in [1.807, 2.05) is 0 Å². The third kappa shape index (κ3) is 3.49. The van der Waals surface area contributed by atoms with E-state index >= 15 is 0 Å². The number of rotatable bonds is 10. The van der Waals surface area contributed by atoms with Gasteiger partial charge in [0.2, 0.25) is 0 Å². The molecular formula is C30H40O8. The predicted octanol–water partition coefficient (Wildman–Crippen LogP) is 4.07. The first-order chi connectivity index (χ1) is 18.4. The normalized spacial score (nSPS) is 48.7. The van der Waals surface area contributed by atoms with E-state index in [1.54, 1.807) is 0 Å². The average molecular weight is 529 g/mol. The molecule has 8 saturated carbocycles. The van der Waals surface area contributed by atoms with Crippen LogP contribution in [0, 0.1) is 35.5 Å². The van der Waals surface area contributed by atoms with Gasteiger partial charge in [0.05, 0.1) is 24.4 Å². The highest BCUT2D eigenvalue weighted by Crippen LogP contribution is 2.76. The molecule has 1 heterocycles. The lowest BCUT2D eigenvalue weighted by atomic mass is 9.36. The highest BCUT2D eigenvalue weighted by molar-refractivity contribution is 5.81. The van der Waals surface area contributed by atoms with Crippen LogP contribution >= 0.6 is 0 Å². The summed E-state index contributed by atoms with van der Waals surface area (Å²) in [5, 5.41) is 0. The Kier molecular flexibility index (Phi) is 5.90. The Bertz CT molecular complexity index is 908. The van der Waals surface area contributed by atoms with Crippen LogP contribution in [-0.2, 0) is 38.3 Å². The van der Waals surface area contributed by atoms with Crippen molar-refractivity contribution in [3.05, 3.63) is 25.3 Å². The molecule has 0 aromatic rings. The molecule has 0 aromatic heterocycles. The first-order valence-electron chi connectivity index (χ1n) is 14.6. The summed E-state index contributed by atoms with van der Waals surface area (Å²) in [6.07, 6.45) is 13.4. The minimum absolute atomic E-state index is 0.137. The SMILES string of the molecule is C=CC(=O)OCCOC12CC3C[C@H](C1)C1(OOC14[C@@H]1CC5C[C@H]4CC(OCCOC(=O)C=C)(C5)C1)[C@@H](C3)C2. The standard InChI is InChI=1S/C30H40O8/c1-3-25(31)33-5-7-35-27-13-19-9-21(15-27)29(22(10-19)16-27)30(38-37-29)23-11-20-12-24(30)18-28(14-20,17-23)36-8-6-34-26(32)4-2/h3-4,19-24H,1-2,5-18H2/t19?,20?,21-,22+,23-,24+,27?,28?,29?,30?. The summed E-state index contributed by atoms with van der Waals surface area (Å²) in [5.41, 5.74) is -0.700. The fraction of sp³-hybridized carbons (Fsp3) is 0.800. The molecule has 0 amide bonds. The summed E-state index contributed by atoms with van der Waals surface area (Å²) in [6.45, 7) is 8.31. The summed E-state index contributed by atoms with van der Waals surface area (Å²) in [7, 11) is 0. The molecule has 1 saturated heterocycles. The van der Waals surface area contributed by atoms with Gasteiger partial charge in [0, 0.05) is 12.2 Å². The predicted molar refractivity (Wildman–Crippen MR) is 134 cm³/mol. The van der Waals surface area contributed by atoms with E-state index in [-0.39, 0.29) is 35.6 Å². The summed E-state index contributed by atoms with van der Waals surface area (Å²) in [5.74, 6) is 2.27. The molecule has 2 spiro atoms. The molecule has 1 aliphatic heterocycles. The van der Waals surface area contributed by atoms with Crippen molar-refractivity contribution in [3.8, 4) is 0 Å². The Morgan fingerprint density at radius 3 is 1.32 bits per heavy atom. The van der Waals surface area contributed by atoms with E-state index in [2.05, 4.69) is 13.2 Å². The highest BCUT2D eigenvalue weighted by atomic mass is 17.3. The molecule has 8 aliphatic carbocycles. The van der Waals surface area contributed by atoms with Crippen molar-refractivity contribution >= 4 is 11.9 Å². The van der Waals surface area contributed by atoms with Crippen LogP contribution in [0.15, 0.2) is 25.3 Å². The first kappa shape index (κ1) is 25.2. The number of ether oxygens (including phenoxy) is 4. The van der Waals surface area contributed by atoms with E-state index in [1.165, 1.54) is 37.8 Å². The molecule has 38 heavy (non-hydrogen) atoms. The van der Waals surface area contributed by atoms with Gasteiger partial charge in [0.1, 0.15) is 24.4 Å². The lowest BCUT2D eigenvalue weighted by Gasteiger charge is -2.78. The van der Waals surface area contributed by atoms with Crippen LogP contribution in [-0.4, -0.2) is 60.8 Å². The van der Waals surface area contributed by atoms with Gasteiger partial charge in [-0.1, -0.05) is 13.2 Å². The molecule has 0 radical (unpaired) electrons. The number of carbonyl (C=O) groups is 2. The van der Waals surface area contributed by atoms with Crippen molar-refractivity contribution in [2.75, 3.05) is 26.4 Å². The van der Waals surface area contributed by atoms with Crippen LogP contribution in [0.5, 0.6) is 0 Å². The van der Waals surface area contributed by atoms with Gasteiger partial charge in [-0.2, -0.15) is 0 Å². The van der Waals surface area contributed by atoms with E-state index in [0.29, 0.717) is 48.7 Å². The van der Waals surface area contributed by atoms with Crippen molar-refractivity contribution in [1.29, 1.82) is 0 Å². The van der Waals surface area contributed by atoms with Crippen LogP contribution in [0.3, 0.4) is 0 Å². The van der Waals surface area contributed by atoms with Gasteiger partial charge in [-0.05, 0) is 99.7 Å². The third-order valence-electron chi connectivity index (χ3n) is 11.4. The van der Waals surface area contributed by atoms with Crippen molar-refractivity contribution < 1.29 is 38.3 Å². The Hall–Kier alpha value is -1.74. The number of hydrogen-bond donors (Lipinski definition) is 0. The monoisotopic (exact) mass is 528 g/mol. The van der Waals surface area contributed by atoms with Gasteiger partial charge in [-0.15, -0.1) is 0 Å². The fourth-order valence-electron chi connectivity index (χ4n) is 10.8. The van der Waals surface area contributed by atoms with Crippen molar-refractivity contribution in [2.45, 2.75) is 86.6 Å². The maximum Gasteiger partial charge on any atom is 0.330 e. The fourth-order valence-corrected chi connectivity index (χ4v) is 10.8. The summed E-state index contributed by atoms with van der Waals surface area (Å²) < 4.78 is 23.4. The van der Waals surface area contributed by atoms with Gasteiger partial charge >= 0.3 is 11.9 Å². The van der Waals surface area contributed by atoms with Gasteiger partial charge in [0.15, 0.2) is 0 Å². The number of esters is 2. The van der Waals surface area contributed by atoms with Crippen molar-refractivity contribution in [1.82, 2.24) is 0 Å². The minimum atomic E-state index is -0.401. The Balaban J connectivity index is 1.07. The molecule has 6 unspecified atom stereocenters. The third-order valence-corrected chi connectivity index (χ3v) is 11.4. The van der Waals surface area contributed by atoms with Crippen LogP contribution < -0.4 is 0 Å². The number of hydrogen-bond acceptors (Lipinski definition) is 8. The van der Waals surface area contributed by atoms with Gasteiger partial charge in [0.25, 0.3) is 0 Å². The first-order valence-corrected chi connectivity index (χ1v) is 14.6. The van der Waals surface area contributed by atoms with E-state index in [0.717, 1.165) is 38.5 Å². The lowest BCUT2D eigenvalue weighted by Crippen LogP contribution is -2.86. The molecule has 9 fully saturated rings. The lowest BCUT2D eigenvalue weighted by molar-refractivity contribution is -0.618. The van der Waals surface area contributed by atoms with Crippen molar-refractivity contribution in [2.24, 2.45) is 35.5 Å². The summed E-state index contributed by atoms with van der Waals surface area (Å²) in [6, 6.07) is 0. The molecule has 0 N–H and O–H groups in total. The second kappa shape index (κ2) is 8.88. The van der Waals surface area contributed by atoms with Crippen LogP contribution in [0.1, 0.15) is 64.2 Å². The molecular weight excluding hydrogens is 488 g/mol. The summed E-state index contributed by atoms with van der Waals surface area (Å²) >= 11 is 0. The Morgan fingerprint density at radius 1 is 0.632 bits per heavy atom. The Labute approximate surface area is 224 Å².